The van der Waals surface area contributed by atoms with E-state index in [4.69, 9.17) is 0 Å². The number of fused-ring (bicyclic) bond motifs is 6. The fourth-order valence-corrected chi connectivity index (χ4v) is 8.13. The Morgan fingerprint density at radius 1 is 0.784 bits per heavy atom. The number of rotatable bonds is 7. The molecule has 1 aliphatic carbocycles. The van der Waals surface area contributed by atoms with Gasteiger partial charge in [-0.25, -0.2) is 0 Å². The van der Waals surface area contributed by atoms with Crippen molar-refractivity contribution < 1.29 is 0 Å². The summed E-state index contributed by atoms with van der Waals surface area (Å²) in [5.41, 5.74) is 12.7. The Morgan fingerprint density at radius 3 is 2.37 bits per heavy atom. The standard InChI is InChI=1S/C47H38N4/c1-4-31(3)47(42-25-32(29-48)22-24-45(42)50-36-15-7-6-13-35(28-36)39-17-8-10-19-43(39)50)38(5-2)34-14-12-16-37(27-34)51-44-20-11-9-18-40(44)41-23-21-33(30-49)26-46(41)51/h5-28,31,36,47H,4H2,1-3H3/b38-5-. The molecule has 0 radical (unpaired) electrons. The molecule has 4 nitrogen and oxygen atoms in total. The molecular formula is C47H38N4. The van der Waals surface area contributed by atoms with Crippen LogP contribution >= 0.6 is 0 Å². The highest BCUT2D eigenvalue weighted by molar-refractivity contribution is 6.09. The van der Waals surface area contributed by atoms with Crippen LogP contribution in [0.1, 0.15) is 60.9 Å². The number of allylic oxidation sites excluding steroid dienone is 6. The Labute approximate surface area is 299 Å². The number of nitrogens with zero attached hydrogens (tertiary/aromatic N) is 4. The lowest BCUT2D eigenvalue weighted by Gasteiger charge is -2.39. The third-order valence-electron chi connectivity index (χ3n) is 10.7. The lowest BCUT2D eigenvalue weighted by Crippen LogP contribution is -2.32. The molecule has 3 unspecified atom stereocenters. The van der Waals surface area contributed by atoms with E-state index in [0.29, 0.717) is 11.1 Å². The molecule has 0 amide bonds. The van der Waals surface area contributed by atoms with Crippen LogP contribution in [0.3, 0.4) is 0 Å². The van der Waals surface area contributed by atoms with Gasteiger partial charge in [-0.2, -0.15) is 10.5 Å². The lowest BCUT2D eigenvalue weighted by atomic mass is 9.76. The molecule has 0 fully saturated rings. The second-order valence-electron chi connectivity index (χ2n) is 13.5. The summed E-state index contributed by atoms with van der Waals surface area (Å²) < 4.78 is 2.28. The van der Waals surface area contributed by atoms with Gasteiger partial charge in [0.2, 0.25) is 0 Å². The predicted molar refractivity (Wildman–Crippen MR) is 211 cm³/mol. The maximum atomic E-state index is 10.2. The third-order valence-corrected chi connectivity index (χ3v) is 10.7. The van der Waals surface area contributed by atoms with Gasteiger partial charge in [-0.3, -0.25) is 0 Å². The molecule has 2 aliphatic rings. The zero-order valence-corrected chi connectivity index (χ0v) is 29.1. The number of hydrogen-bond acceptors (Lipinski definition) is 3. The van der Waals surface area contributed by atoms with Crippen LogP contribution in [0.2, 0.25) is 0 Å². The first-order chi connectivity index (χ1) is 25.0. The highest BCUT2D eigenvalue weighted by atomic mass is 15.2. The summed E-state index contributed by atoms with van der Waals surface area (Å²) >= 11 is 0. The van der Waals surface area contributed by atoms with Crippen molar-refractivity contribution in [2.75, 3.05) is 4.90 Å². The number of hydrogen-bond donors (Lipinski definition) is 0. The van der Waals surface area contributed by atoms with Gasteiger partial charge in [-0.05, 0) is 95.8 Å². The monoisotopic (exact) mass is 658 g/mol. The van der Waals surface area contributed by atoms with E-state index in [1.807, 2.05) is 18.2 Å². The van der Waals surface area contributed by atoms with Crippen molar-refractivity contribution in [2.24, 2.45) is 5.92 Å². The Balaban J connectivity index is 1.32. The average Bonchev–Trinajstić information content (AvgIpc) is 3.36. The van der Waals surface area contributed by atoms with Gasteiger partial charge in [0, 0.05) is 39.3 Å². The van der Waals surface area contributed by atoms with Crippen molar-refractivity contribution in [1.82, 2.24) is 4.57 Å². The summed E-state index contributed by atoms with van der Waals surface area (Å²) in [7, 11) is 0. The van der Waals surface area contributed by atoms with E-state index >= 15 is 0 Å². The van der Waals surface area contributed by atoms with Crippen molar-refractivity contribution in [3.63, 3.8) is 0 Å². The molecule has 1 aromatic heterocycles. The first-order valence-electron chi connectivity index (χ1n) is 17.7. The van der Waals surface area contributed by atoms with Crippen LogP contribution < -0.4 is 4.90 Å². The minimum absolute atomic E-state index is 0.00677. The molecule has 0 saturated heterocycles. The first kappa shape index (κ1) is 31.9. The molecule has 2 bridgehead atoms. The highest BCUT2D eigenvalue weighted by Gasteiger charge is 2.32. The third kappa shape index (κ3) is 5.38. The molecule has 6 aromatic rings. The van der Waals surface area contributed by atoms with Gasteiger partial charge in [0.15, 0.2) is 0 Å². The summed E-state index contributed by atoms with van der Waals surface area (Å²) in [6, 6.07) is 42.9. The van der Waals surface area contributed by atoms with Crippen molar-refractivity contribution in [3.05, 3.63) is 173 Å². The molecule has 0 N–H and O–H groups in total. The average molecular weight is 659 g/mol. The Morgan fingerprint density at radius 2 is 1.55 bits per heavy atom. The summed E-state index contributed by atoms with van der Waals surface area (Å²) in [6.07, 6.45) is 14.3. The van der Waals surface area contributed by atoms with Crippen LogP contribution in [0.5, 0.6) is 0 Å². The number of aromatic nitrogens is 1. The predicted octanol–water partition coefficient (Wildman–Crippen LogP) is 11.8. The molecule has 1 aliphatic heterocycles. The van der Waals surface area contributed by atoms with Crippen LogP contribution in [-0.2, 0) is 0 Å². The van der Waals surface area contributed by atoms with Crippen molar-refractivity contribution >= 4 is 44.3 Å². The van der Waals surface area contributed by atoms with Crippen LogP contribution in [-0.4, -0.2) is 10.6 Å². The Kier molecular flexibility index (Phi) is 8.23. The smallest absolute Gasteiger partial charge is 0.0992 e. The molecule has 2 heterocycles. The first-order valence-corrected chi connectivity index (χ1v) is 17.7. The SMILES string of the molecule is C/C=C(/c1cccc(-n2c3ccccc3c3ccc(C#N)cc32)c1)C(c1cc(C#N)ccc1N1c2ccccc2C2=CC1C=CC=C2)C(C)CC. The van der Waals surface area contributed by atoms with Gasteiger partial charge < -0.3 is 9.47 Å². The number of nitriles is 2. The van der Waals surface area contributed by atoms with Crippen molar-refractivity contribution in [1.29, 1.82) is 10.5 Å². The minimum atomic E-state index is 0.00677. The number of benzene rings is 5. The normalized spacial score (nSPS) is 16.3. The summed E-state index contributed by atoms with van der Waals surface area (Å²) in [6.45, 7) is 6.72. The summed E-state index contributed by atoms with van der Waals surface area (Å²) in [4.78, 5) is 2.45. The zero-order chi connectivity index (χ0) is 35.1. The Bertz CT molecular complexity index is 2540. The second-order valence-corrected chi connectivity index (χ2v) is 13.5. The van der Waals surface area contributed by atoms with E-state index < -0.39 is 0 Å². The molecule has 51 heavy (non-hydrogen) atoms. The molecule has 246 valence electrons. The highest BCUT2D eigenvalue weighted by Crippen LogP contribution is 2.48. The molecule has 4 heteroatoms. The molecule has 5 aromatic carbocycles. The fraction of sp³-hybridized carbons (Fsp3) is 0.149. The van der Waals surface area contributed by atoms with Crippen LogP contribution in [0.25, 0.3) is 38.6 Å². The summed E-state index contributed by atoms with van der Waals surface area (Å²) in [5.74, 6) is 0.281. The van der Waals surface area contributed by atoms with Crippen LogP contribution in [0.15, 0.2) is 146 Å². The Hall–Kier alpha value is -6.36. The molecule has 0 spiro atoms. The van der Waals surface area contributed by atoms with E-state index in [1.165, 1.54) is 16.7 Å². The van der Waals surface area contributed by atoms with Gasteiger partial charge in [0.1, 0.15) is 0 Å². The van der Waals surface area contributed by atoms with Gasteiger partial charge in [-0.1, -0.05) is 105 Å². The van der Waals surface area contributed by atoms with Gasteiger partial charge >= 0.3 is 0 Å². The van der Waals surface area contributed by atoms with E-state index in [0.717, 1.165) is 56.4 Å². The topological polar surface area (TPSA) is 55.8 Å². The maximum Gasteiger partial charge on any atom is 0.0992 e. The van der Waals surface area contributed by atoms with E-state index in [1.54, 1.807) is 0 Å². The van der Waals surface area contributed by atoms with E-state index in [2.05, 4.69) is 170 Å². The largest absolute Gasteiger partial charge is 0.330 e. The quantitative estimate of drug-likeness (QED) is 0.171. The van der Waals surface area contributed by atoms with Crippen LogP contribution in [0, 0.1) is 28.6 Å². The van der Waals surface area contributed by atoms with Crippen molar-refractivity contribution in [2.45, 2.75) is 39.2 Å². The fourth-order valence-electron chi connectivity index (χ4n) is 8.13. The van der Waals surface area contributed by atoms with E-state index in [9.17, 15) is 10.5 Å². The molecule has 3 atom stereocenters. The number of anilines is 2. The van der Waals surface area contributed by atoms with Gasteiger partial charge in [-0.15, -0.1) is 0 Å². The van der Waals surface area contributed by atoms with Gasteiger partial charge in [0.25, 0.3) is 0 Å². The molecule has 8 rings (SSSR count). The minimum Gasteiger partial charge on any atom is -0.330 e. The summed E-state index contributed by atoms with van der Waals surface area (Å²) in [5, 5.41) is 22.3. The zero-order valence-electron chi connectivity index (χ0n) is 29.1. The lowest BCUT2D eigenvalue weighted by molar-refractivity contribution is 0.516. The van der Waals surface area contributed by atoms with Crippen molar-refractivity contribution in [3.8, 4) is 17.8 Å². The maximum absolute atomic E-state index is 10.2. The molecular weight excluding hydrogens is 621 g/mol. The second kappa shape index (κ2) is 13.2. The van der Waals surface area contributed by atoms with E-state index in [-0.39, 0.29) is 17.9 Å². The van der Waals surface area contributed by atoms with Crippen LogP contribution in [0.4, 0.5) is 11.4 Å². The molecule has 0 saturated carbocycles. The van der Waals surface area contributed by atoms with Gasteiger partial charge in [0.05, 0.1) is 40.3 Å². The number of para-hydroxylation sites is 2.